The lowest BCUT2D eigenvalue weighted by Crippen LogP contribution is -2.62. The molecule has 2 aliphatic rings. The standard InChI is InChI=1S/C31H33FN4O6S/c1-3-31(4-2)19-27(37)36(30(33)35-31)28(20-12-14-23(15-13-20)42-43(32,39)40)21-8-7-9-22(18-21)29(38)34-25-16-17-41-26-11-6-5-10-24(25)26/h5-15,18,25,28H,3-4,16-17,19H2,1-2H3,(H2,33,35)(H,34,38)/t25-,28?/m0/s1. The Morgan fingerprint density at radius 3 is 2.51 bits per heavy atom. The van der Waals surface area contributed by atoms with Crippen molar-refractivity contribution < 1.29 is 30.8 Å². The van der Waals surface area contributed by atoms with Crippen molar-refractivity contribution in [3.8, 4) is 11.5 Å². The number of fused-ring (bicyclic) bond motifs is 1. The van der Waals surface area contributed by atoms with E-state index in [1.165, 1.54) is 29.2 Å². The fourth-order valence-electron chi connectivity index (χ4n) is 5.70. The van der Waals surface area contributed by atoms with Gasteiger partial charge in [0.1, 0.15) is 11.5 Å². The van der Waals surface area contributed by atoms with Crippen LogP contribution in [0.3, 0.4) is 0 Å². The second kappa shape index (κ2) is 12.0. The van der Waals surface area contributed by atoms with Crippen LogP contribution in [0.2, 0.25) is 0 Å². The van der Waals surface area contributed by atoms with Gasteiger partial charge in [0.05, 0.1) is 25.1 Å². The highest BCUT2D eigenvalue weighted by molar-refractivity contribution is 7.81. The molecule has 0 bridgehead atoms. The lowest BCUT2D eigenvalue weighted by molar-refractivity contribution is -0.132. The fourth-order valence-corrected chi connectivity index (χ4v) is 6.04. The number of carbonyl (C=O) groups excluding carboxylic acids is 2. The summed E-state index contributed by atoms with van der Waals surface area (Å²) in [5.74, 6) is -0.203. The number of amides is 2. The van der Waals surface area contributed by atoms with Crippen molar-refractivity contribution in [2.45, 2.75) is 57.2 Å². The smallest absolute Gasteiger partial charge is 0.488 e. The summed E-state index contributed by atoms with van der Waals surface area (Å²) >= 11 is 0. The third-order valence-electron chi connectivity index (χ3n) is 8.11. The Bertz CT molecular complexity index is 1620. The fraction of sp³-hybridized carbons (Fsp3) is 0.323. The second-order valence-electron chi connectivity index (χ2n) is 10.7. The number of carbonyl (C=O) groups is 2. The predicted octanol–water partition coefficient (Wildman–Crippen LogP) is 4.94. The Hall–Kier alpha value is -4.45. The minimum atomic E-state index is -5.23. The molecule has 0 radical (unpaired) electrons. The van der Waals surface area contributed by atoms with Crippen molar-refractivity contribution in [1.82, 2.24) is 15.5 Å². The Labute approximate surface area is 250 Å². The molecule has 1 unspecified atom stereocenters. The van der Waals surface area contributed by atoms with Gasteiger partial charge in [0.2, 0.25) is 5.91 Å². The third-order valence-corrected chi connectivity index (χ3v) is 8.51. The first-order valence-electron chi connectivity index (χ1n) is 14.1. The molecular formula is C31H33FN4O6S. The number of nitrogens with zero attached hydrogens (tertiary/aromatic N) is 1. The minimum Gasteiger partial charge on any atom is -0.493 e. The zero-order valence-corrected chi connectivity index (χ0v) is 24.6. The SMILES string of the molecule is CCC1(CC)CC(=O)N(C(c2ccc(OS(=O)(=O)F)cc2)c2cccc(C(=O)N[C@H]3CCOc4ccccc43)c2)C(=N)N1. The maximum absolute atomic E-state index is 13.7. The Morgan fingerprint density at radius 1 is 1.12 bits per heavy atom. The van der Waals surface area contributed by atoms with Gasteiger partial charge in [0.25, 0.3) is 5.91 Å². The molecule has 1 fully saturated rings. The van der Waals surface area contributed by atoms with E-state index in [0.717, 1.165) is 11.3 Å². The van der Waals surface area contributed by atoms with Gasteiger partial charge < -0.3 is 19.6 Å². The molecule has 5 rings (SSSR count). The Balaban J connectivity index is 1.50. The van der Waals surface area contributed by atoms with E-state index >= 15 is 0 Å². The molecule has 2 atom stereocenters. The van der Waals surface area contributed by atoms with Crippen LogP contribution in [0.4, 0.5) is 3.89 Å². The quantitative estimate of drug-likeness (QED) is 0.293. The van der Waals surface area contributed by atoms with Gasteiger partial charge in [0.15, 0.2) is 5.96 Å². The zero-order chi connectivity index (χ0) is 30.8. The first-order valence-corrected chi connectivity index (χ1v) is 15.4. The first kappa shape index (κ1) is 30.0. The van der Waals surface area contributed by atoms with E-state index < -0.39 is 22.1 Å². The van der Waals surface area contributed by atoms with Crippen LogP contribution in [0, 0.1) is 5.41 Å². The molecule has 0 saturated carbocycles. The highest BCUT2D eigenvalue weighted by Gasteiger charge is 2.42. The van der Waals surface area contributed by atoms with E-state index in [2.05, 4.69) is 14.8 Å². The van der Waals surface area contributed by atoms with Gasteiger partial charge in [-0.2, -0.15) is 8.42 Å². The number of hydrogen-bond donors (Lipinski definition) is 3. The van der Waals surface area contributed by atoms with Crippen LogP contribution >= 0.6 is 0 Å². The molecular weight excluding hydrogens is 575 g/mol. The number of guanidine groups is 1. The van der Waals surface area contributed by atoms with E-state index in [9.17, 15) is 21.9 Å². The summed E-state index contributed by atoms with van der Waals surface area (Å²) in [6.07, 6.45) is 2.05. The van der Waals surface area contributed by atoms with Gasteiger partial charge in [0, 0.05) is 23.1 Å². The van der Waals surface area contributed by atoms with Crippen LogP contribution < -0.4 is 19.6 Å². The normalized spacial score (nSPS) is 18.6. The summed E-state index contributed by atoms with van der Waals surface area (Å²) in [6, 6.07) is 18.8. The predicted molar refractivity (Wildman–Crippen MR) is 158 cm³/mol. The number of ether oxygens (including phenoxy) is 1. The van der Waals surface area contributed by atoms with Crippen LogP contribution in [-0.4, -0.2) is 43.2 Å². The number of hydrogen-bond acceptors (Lipinski definition) is 7. The Kier molecular flexibility index (Phi) is 8.41. The number of halogens is 1. The van der Waals surface area contributed by atoms with Crippen LogP contribution in [0.5, 0.6) is 11.5 Å². The highest BCUT2D eigenvalue weighted by Crippen LogP contribution is 2.36. The molecule has 3 aromatic carbocycles. The molecule has 2 amide bonds. The Morgan fingerprint density at radius 2 is 1.84 bits per heavy atom. The van der Waals surface area contributed by atoms with Crippen molar-refractivity contribution in [2.24, 2.45) is 0 Å². The lowest BCUT2D eigenvalue weighted by Gasteiger charge is -2.45. The van der Waals surface area contributed by atoms with Crippen molar-refractivity contribution in [3.63, 3.8) is 0 Å². The van der Waals surface area contributed by atoms with Crippen molar-refractivity contribution >= 4 is 28.3 Å². The van der Waals surface area contributed by atoms with Gasteiger partial charge in [-0.15, -0.1) is 0 Å². The second-order valence-corrected chi connectivity index (χ2v) is 11.6. The molecule has 3 aromatic rings. The van der Waals surface area contributed by atoms with Crippen LogP contribution in [0.1, 0.15) is 78.7 Å². The van der Waals surface area contributed by atoms with Crippen molar-refractivity contribution in [2.75, 3.05) is 6.61 Å². The molecule has 0 aromatic heterocycles. The lowest BCUT2D eigenvalue weighted by atomic mass is 9.85. The molecule has 2 aliphatic heterocycles. The molecule has 10 nitrogen and oxygen atoms in total. The van der Waals surface area contributed by atoms with Gasteiger partial charge in [-0.25, -0.2) is 0 Å². The van der Waals surface area contributed by atoms with Crippen LogP contribution in [0.25, 0.3) is 0 Å². The van der Waals surface area contributed by atoms with Crippen LogP contribution in [0.15, 0.2) is 72.8 Å². The van der Waals surface area contributed by atoms with E-state index in [1.54, 1.807) is 24.3 Å². The third kappa shape index (κ3) is 6.48. The molecule has 226 valence electrons. The molecule has 12 heteroatoms. The molecule has 0 spiro atoms. The first-order chi connectivity index (χ1) is 20.5. The van der Waals surface area contributed by atoms with E-state index in [-0.39, 0.29) is 36.0 Å². The topological polar surface area (TPSA) is 138 Å². The van der Waals surface area contributed by atoms with Gasteiger partial charge >= 0.3 is 10.5 Å². The summed E-state index contributed by atoms with van der Waals surface area (Å²) in [5, 5.41) is 15.2. The van der Waals surface area contributed by atoms with E-state index in [4.69, 9.17) is 10.1 Å². The molecule has 2 heterocycles. The van der Waals surface area contributed by atoms with Crippen LogP contribution in [-0.2, 0) is 15.3 Å². The number of rotatable bonds is 9. The average molecular weight is 609 g/mol. The molecule has 43 heavy (non-hydrogen) atoms. The summed E-state index contributed by atoms with van der Waals surface area (Å²) in [4.78, 5) is 28.5. The summed E-state index contributed by atoms with van der Waals surface area (Å²) in [7, 11) is -5.23. The minimum absolute atomic E-state index is 0.0923. The summed E-state index contributed by atoms with van der Waals surface area (Å²) in [5.41, 5.74) is 1.74. The summed E-state index contributed by atoms with van der Waals surface area (Å²) in [6.45, 7) is 4.39. The monoisotopic (exact) mass is 608 g/mol. The van der Waals surface area contributed by atoms with Crippen molar-refractivity contribution in [1.29, 1.82) is 5.41 Å². The highest BCUT2D eigenvalue weighted by atomic mass is 32.3. The maximum atomic E-state index is 13.7. The number of para-hydroxylation sites is 1. The van der Waals surface area contributed by atoms with Gasteiger partial charge in [-0.05, 0) is 54.3 Å². The number of benzene rings is 3. The van der Waals surface area contributed by atoms with Crippen molar-refractivity contribution in [3.05, 3.63) is 95.1 Å². The molecule has 3 N–H and O–H groups in total. The van der Waals surface area contributed by atoms with E-state index in [0.29, 0.717) is 42.6 Å². The van der Waals surface area contributed by atoms with Gasteiger partial charge in [-0.1, -0.05) is 60.2 Å². The van der Waals surface area contributed by atoms with Gasteiger partial charge in [-0.3, -0.25) is 19.9 Å². The number of nitrogens with one attached hydrogen (secondary N) is 3. The largest absolute Gasteiger partial charge is 0.493 e. The zero-order valence-electron chi connectivity index (χ0n) is 23.8. The molecule has 0 aliphatic carbocycles. The maximum Gasteiger partial charge on any atom is 0.488 e. The molecule has 1 saturated heterocycles. The average Bonchev–Trinajstić information content (AvgIpc) is 2.99. The summed E-state index contributed by atoms with van der Waals surface area (Å²) < 4.78 is 45.1. The van der Waals surface area contributed by atoms with E-state index in [1.807, 2.05) is 38.1 Å².